The summed E-state index contributed by atoms with van der Waals surface area (Å²) in [5, 5.41) is 2.86. The van der Waals surface area contributed by atoms with Gasteiger partial charge in [0.2, 0.25) is 10.0 Å². The molecule has 3 amide bonds. The molecule has 1 aliphatic heterocycles. The maximum atomic E-state index is 14.9. The van der Waals surface area contributed by atoms with E-state index in [9.17, 15) is 27.6 Å². The van der Waals surface area contributed by atoms with E-state index in [1.54, 1.807) is 12.1 Å². The van der Waals surface area contributed by atoms with Crippen LogP contribution in [-0.4, -0.2) is 60.5 Å². The number of carbonyl (C=O) groups is 4. The molecule has 7 rings (SSSR count). The molecule has 58 heavy (non-hydrogen) atoms. The summed E-state index contributed by atoms with van der Waals surface area (Å²) in [6, 6.07) is 3.04. The van der Waals surface area contributed by atoms with Crippen molar-refractivity contribution in [2.24, 2.45) is 23.2 Å². The fourth-order valence-electron chi connectivity index (χ4n) is 11.0. The standard InChI is InChI=1S/C46H71N3O8S/c1-4-5-6-7-8-9-10-11-12-13-14-15-16-20-25-58(54,55)48-36-23-24-39(56-37-21-18-17-19-22-37)38(29-36)47-42(51)40(49-43(52)45(2,3)57-44(49)53)41(50)46-30-33-26-34(31-46)28-35(27-33)32-46/h23-24,29,33-35,37,40,48H,4-22,25-28,30-32H2,1-3H3,(H,47,51). The second-order valence-corrected chi connectivity index (χ2v) is 21.0. The van der Waals surface area contributed by atoms with Crippen molar-refractivity contribution < 1.29 is 37.1 Å². The maximum absolute atomic E-state index is 14.9. The molecule has 2 N–H and O–H groups in total. The fraction of sp³-hybridized carbons (Fsp3) is 0.783. The molecule has 12 heteroatoms. The van der Waals surface area contributed by atoms with Crippen LogP contribution in [0.3, 0.4) is 0 Å². The average molecular weight is 826 g/mol. The molecule has 324 valence electrons. The first-order valence-corrected chi connectivity index (χ1v) is 24.7. The van der Waals surface area contributed by atoms with Crippen LogP contribution in [0.4, 0.5) is 16.2 Å². The highest BCUT2D eigenvalue weighted by Gasteiger charge is 2.61. The fourth-order valence-corrected chi connectivity index (χ4v) is 12.2. The van der Waals surface area contributed by atoms with Crippen LogP contribution in [0, 0.1) is 23.2 Å². The molecule has 11 nitrogen and oxygen atoms in total. The van der Waals surface area contributed by atoms with Gasteiger partial charge >= 0.3 is 6.09 Å². The lowest BCUT2D eigenvalue weighted by Gasteiger charge is -2.56. The smallest absolute Gasteiger partial charge is 0.418 e. The number of unbranched alkanes of at least 4 members (excludes halogenated alkanes) is 13. The van der Waals surface area contributed by atoms with Crippen molar-refractivity contribution in [1.29, 1.82) is 0 Å². The Kier molecular flexibility index (Phi) is 15.3. The zero-order chi connectivity index (χ0) is 41.3. The summed E-state index contributed by atoms with van der Waals surface area (Å²) in [4.78, 5) is 57.3. The Morgan fingerprint density at radius 3 is 1.86 bits per heavy atom. The summed E-state index contributed by atoms with van der Waals surface area (Å²) >= 11 is 0. The van der Waals surface area contributed by atoms with Gasteiger partial charge in [0.15, 0.2) is 17.4 Å². The van der Waals surface area contributed by atoms with Gasteiger partial charge in [-0.15, -0.1) is 0 Å². The van der Waals surface area contributed by atoms with E-state index < -0.39 is 50.8 Å². The Bertz CT molecular complexity index is 1670. The zero-order valence-corrected chi connectivity index (χ0v) is 36.4. The molecule has 1 heterocycles. The van der Waals surface area contributed by atoms with Gasteiger partial charge in [0, 0.05) is 5.41 Å². The Morgan fingerprint density at radius 1 is 0.810 bits per heavy atom. The van der Waals surface area contributed by atoms with Crippen LogP contribution in [0.15, 0.2) is 18.2 Å². The number of anilines is 2. The van der Waals surface area contributed by atoms with Gasteiger partial charge in [-0.3, -0.25) is 19.1 Å². The van der Waals surface area contributed by atoms with Gasteiger partial charge in [-0.2, -0.15) is 0 Å². The van der Waals surface area contributed by atoms with Crippen molar-refractivity contribution in [2.45, 2.75) is 199 Å². The molecule has 5 aliphatic carbocycles. The van der Waals surface area contributed by atoms with Crippen molar-refractivity contribution in [2.75, 3.05) is 15.8 Å². The van der Waals surface area contributed by atoms with E-state index in [0.29, 0.717) is 49.2 Å². The molecule has 6 fully saturated rings. The van der Waals surface area contributed by atoms with E-state index in [1.807, 2.05) is 0 Å². The molecule has 6 aliphatic rings. The number of carbonyl (C=O) groups excluding carboxylic acids is 4. The van der Waals surface area contributed by atoms with Gasteiger partial charge in [0.1, 0.15) is 5.75 Å². The van der Waals surface area contributed by atoms with Crippen molar-refractivity contribution in [3.05, 3.63) is 18.2 Å². The molecule has 1 saturated heterocycles. The van der Waals surface area contributed by atoms with E-state index >= 15 is 0 Å². The number of Topliss-reactive ketones (excluding diaryl/α,β-unsaturated/α-hetero) is 1. The minimum atomic E-state index is -3.70. The first kappa shape index (κ1) is 44.4. The third kappa shape index (κ3) is 11.4. The van der Waals surface area contributed by atoms with Gasteiger partial charge in [-0.1, -0.05) is 96.8 Å². The lowest BCUT2D eigenvalue weighted by Crippen LogP contribution is -2.60. The number of nitrogens with zero attached hydrogens (tertiary/aromatic N) is 1. The number of benzene rings is 1. The SMILES string of the molecule is CCCCCCCCCCCCCCCCS(=O)(=O)Nc1ccc(OC2CCCCC2)c(NC(=O)C(C(=O)C23CC4CC(CC(C4)C2)C3)N2C(=O)OC(C)(C)C2=O)c1. The average Bonchev–Trinajstić information content (AvgIpc) is 3.37. The van der Waals surface area contributed by atoms with E-state index in [4.69, 9.17) is 9.47 Å². The maximum Gasteiger partial charge on any atom is 0.418 e. The molecule has 1 unspecified atom stereocenters. The highest BCUT2D eigenvalue weighted by Crippen LogP contribution is 2.61. The summed E-state index contributed by atoms with van der Waals surface area (Å²) in [7, 11) is -3.70. The number of hydrogen-bond acceptors (Lipinski definition) is 8. The highest BCUT2D eigenvalue weighted by atomic mass is 32.2. The van der Waals surface area contributed by atoms with Crippen LogP contribution in [0.5, 0.6) is 5.75 Å². The Balaban J connectivity index is 1.10. The Labute approximate surface area is 347 Å². The van der Waals surface area contributed by atoms with E-state index in [1.165, 1.54) is 84.1 Å². The third-order valence-corrected chi connectivity index (χ3v) is 15.1. The lowest BCUT2D eigenvalue weighted by molar-refractivity contribution is -0.155. The lowest BCUT2D eigenvalue weighted by atomic mass is 9.48. The Hall–Kier alpha value is -3.15. The monoisotopic (exact) mass is 825 g/mol. The predicted octanol–water partition coefficient (Wildman–Crippen LogP) is 10.5. The van der Waals surface area contributed by atoms with Crippen LogP contribution in [-0.2, 0) is 29.1 Å². The Morgan fingerprint density at radius 2 is 1.34 bits per heavy atom. The summed E-state index contributed by atoms with van der Waals surface area (Å²) < 4.78 is 41.1. The molecular formula is C46H71N3O8S. The first-order valence-electron chi connectivity index (χ1n) is 23.0. The molecule has 5 saturated carbocycles. The molecule has 4 bridgehead atoms. The number of rotatable bonds is 24. The number of nitrogens with one attached hydrogen (secondary N) is 2. The number of amides is 3. The van der Waals surface area contributed by atoms with Gasteiger partial charge < -0.3 is 14.8 Å². The van der Waals surface area contributed by atoms with Crippen LogP contribution >= 0.6 is 0 Å². The summed E-state index contributed by atoms with van der Waals surface area (Å²) in [5.74, 6) is -0.495. The normalized spacial score (nSPS) is 25.8. The molecule has 1 aromatic rings. The molecular weight excluding hydrogens is 755 g/mol. The molecule has 1 aromatic carbocycles. The summed E-state index contributed by atoms with van der Waals surface area (Å²) in [6.07, 6.45) is 25.4. The van der Waals surface area contributed by atoms with Crippen molar-refractivity contribution in [3.8, 4) is 5.75 Å². The number of ketones is 1. The molecule has 0 spiro atoms. The molecule has 1 atom stereocenters. The number of imide groups is 1. The largest absolute Gasteiger partial charge is 0.488 e. The number of hydrogen-bond donors (Lipinski definition) is 2. The summed E-state index contributed by atoms with van der Waals surface area (Å²) in [5.41, 5.74) is -1.90. The van der Waals surface area contributed by atoms with E-state index in [2.05, 4.69) is 17.0 Å². The second-order valence-electron chi connectivity index (χ2n) is 19.1. The second kappa shape index (κ2) is 19.9. The minimum absolute atomic E-state index is 0.0241. The zero-order valence-electron chi connectivity index (χ0n) is 35.6. The highest BCUT2D eigenvalue weighted by molar-refractivity contribution is 7.92. The number of ether oxygens (including phenoxy) is 2. The third-order valence-electron chi connectivity index (χ3n) is 13.7. The number of sulfonamides is 1. The first-order chi connectivity index (χ1) is 27.8. The van der Waals surface area contributed by atoms with Crippen molar-refractivity contribution in [1.82, 2.24) is 4.90 Å². The van der Waals surface area contributed by atoms with Crippen LogP contribution in [0.25, 0.3) is 0 Å². The topological polar surface area (TPSA) is 148 Å². The van der Waals surface area contributed by atoms with E-state index in [0.717, 1.165) is 75.5 Å². The van der Waals surface area contributed by atoms with Crippen LogP contribution in [0.2, 0.25) is 0 Å². The molecule has 0 aromatic heterocycles. The quantitative estimate of drug-likeness (QED) is 0.0773. The van der Waals surface area contributed by atoms with Gasteiger partial charge in [0.25, 0.3) is 11.8 Å². The van der Waals surface area contributed by atoms with Crippen molar-refractivity contribution >= 4 is 45.1 Å². The predicted molar refractivity (Wildman–Crippen MR) is 227 cm³/mol. The van der Waals surface area contributed by atoms with E-state index in [-0.39, 0.29) is 23.2 Å². The van der Waals surface area contributed by atoms with Crippen LogP contribution < -0.4 is 14.8 Å². The van der Waals surface area contributed by atoms with Crippen molar-refractivity contribution in [3.63, 3.8) is 0 Å². The number of cyclic esters (lactones) is 1. The van der Waals surface area contributed by atoms with Gasteiger partial charge in [0.05, 0.1) is 23.2 Å². The van der Waals surface area contributed by atoms with Gasteiger partial charge in [-0.25, -0.2) is 18.1 Å². The van der Waals surface area contributed by atoms with Gasteiger partial charge in [-0.05, 0) is 120 Å². The van der Waals surface area contributed by atoms with Crippen LogP contribution in [0.1, 0.15) is 181 Å². The molecule has 0 radical (unpaired) electrons. The minimum Gasteiger partial charge on any atom is -0.488 e. The summed E-state index contributed by atoms with van der Waals surface area (Å²) in [6.45, 7) is 5.17.